The van der Waals surface area contributed by atoms with E-state index in [2.05, 4.69) is 64.4 Å². The molecular formula is C22H20N2O2. The first-order valence-electron chi connectivity index (χ1n) is 8.89. The van der Waals surface area contributed by atoms with Crippen LogP contribution in [-0.2, 0) is 13.1 Å². The van der Waals surface area contributed by atoms with Crippen molar-refractivity contribution in [1.29, 1.82) is 0 Å². The average molecular weight is 344 g/mol. The highest BCUT2D eigenvalue weighted by molar-refractivity contribution is 5.65. The van der Waals surface area contributed by atoms with Crippen molar-refractivity contribution in [2.75, 3.05) is 23.3 Å². The van der Waals surface area contributed by atoms with Crippen LogP contribution in [0, 0.1) is 0 Å². The maximum absolute atomic E-state index is 6.19. The van der Waals surface area contributed by atoms with E-state index in [0.717, 1.165) is 30.3 Å². The SMILES string of the molecule is c1ccc(N2COc3c(cccc3N3COc4ccccc4C3)C2)cc1. The van der Waals surface area contributed by atoms with Crippen molar-refractivity contribution < 1.29 is 9.47 Å². The van der Waals surface area contributed by atoms with Crippen molar-refractivity contribution in [3.8, 4) is 11.5 Å². The van der Waals surface area contributed by atoms with Gasteiger partial charge in [-0.25, -0.2) is 0 Å². The molecule has 0 aliphatic carbocycles. The molecule has 0 saturated carbocycles. The van der Waals surface area contributed by atoms with E-state index in [1.807, 2.05) is 18.2 Å². The highest BCUT2D eigenvalue weighted by Gasteiger charge is 2.25. The Kier molecular flexibility index (Phi) is 3.67. The molecule has 3 aromatic carbocycles. The molecule has 5 rings (SSSR count). The normalized spacial score (nSPS) is 15.5. The van der Waals surface area contributed by atoms with E-state index in [9.17, 15) is 0 Å². The number of anilines is 2. The molecule has 0 aromatic heterocycles. The molecule has 0 saturated heterocycles. The Morgan fingerprint density at radius 1 is 0.615 bits per heavy atom. The summed E-state index contributed by atoms with van der Waals surface area (Å²) in [6.07, 6.45) is 0. The maximum atomic E-state index is 6.19. The van der Waals surface area contributed by atoms with E-state index in [0.29, 0.717) is 13.5 Å². The minimum absolute atomic E-state index is 0.541. The van der Waals surface area contributed by atoms with Gasteiger partial charge in [0, 0.05) is 29.9 Å². The lowest BCUT2D eigenvalue weighted by atomic mass is 10.1. The summed E-state index contributed by atoms with van der Waals surface area (Å²) in [4.78, 5) is 4.48. The molecule has 0 N–H and O–H groups in total. The van der Waals surface area contributed by atoms with Crippen LogP contribution in [0.5, 0.6) is 11.5 Å². The molecule has 0 radical (unpaired) electrons. The second-order valence-electron chi connectivity index (χ2n) is 6.65. The van der Waals surface area contributed by atoms with Crippen LogP contribution < -0.4 is 19.3 Å². The molecule has 0 atom stereocenters. The minimum Gasteiger partial charge on any atom is -0.473 e. The van der Waals surface area contributed by atoms with Crippen molar-refractivity contribution in [3.05, 3.63) is 83.9 Å². The molecule has 2 aliphatic rings. The standard InChI is InChI=1S/C22H20N2O2/c1-2-9-19(10-3-1)23-14-18-8-6-11-20(22(18)26-15-23)24-13-17-7-4-5-12-21(17)25-16-24/h1-12H,13-16H2. The van der Waals surface area contributed by atoms with Crippen molar-refractivity contribution in [2.24, 2.45) is 0 Å². The van der Waals surface area contributed by atoms with E-state index >= 15 is 0 Å². The molecule has 0 bridgehead atoms. The van der Waals surface area contributed by atoms with Gasteiger partial charge in [-0.3, -0.25) is 0 Å². The van der Waals surface area contributed by atoms with E-state index < -0.39 is 0 Å². The van der Waals surface area contributed by atoms with Crippen molar-refractivity contribution in [1.82, 2.24) is 0 Å². The summed E-state index contributed by atoms with van der Waals surface area (Å²) in [6, 6.07) is 25.0. The second kappa shape index (κ2) is 6.30. The highest BCUT2D eigenvalue weighted by atomic mass is 16.5. The fourth-order valence-corrected chi connectivity index (χ4v) is 3.64. The Morgan fingerprint density at radius 3 is 2.27 bits per heavy atom. The van der Waals surface area contributed by atoms with E-state index in [1.54, 1.807) is 0 Å². The summed E-state index contributed by atoms with van der Waals surface area (Å²) < 4.78 is 12.1. The molecule has 130 valence electrons. The largest absolute Gasteiger partial charge is 0.473 e. The van der Waals surface area contributed by atoms with Crippen LogP contribution in [0.3, 0.4) is 0 Å². The van der Waals surface area contributed by atoms with Gasteiger partial charge in [-0.15, -0.1) is 0 Å². The molecule has 0 fully saturated rings. The summed E-state index contributed by atoms with van der Waals surface area (Å²) in [7, 11) is 0. The van der Waals surface area contributed by atoms with Crippen molar-refractivity contribution in [3.63, 3.8) is 0 Å². The first-order valence-corrected chi connectivity index (χ1v) is 8.89. The lowest BCUT2D eigenvalue weighted by molar-refractivity contribution is 0.273. The van der Waals surface area contributed by atoms with Crippen molar-refractivity contribution >= 4 is 11.4 Å². The molecular weight excluding hydrogens is 324 g/mol. The molecule has 26 heavy (non-hydrogen) atoms. The Morgan fingerprint density at radius 2 is 1.35 bits per heavy atom. The highest BCUT2D eigenvalue weighted by Crippen LogP contribution is 2.39. The Bertz CT molecular complexity index is 926. The fourth-order valence-electron chi connectivity index (χ4n) is 3.64. The molecule has 2 heterocycles. The summed E-state index contributed by atoms with van der Waals surface area (Å²) in [5.74, 6) is 1.95. The van der Waals surface area contributed by atoms with Gasteiger partial charge in [0.2, 0.25) is 0 Å². The monoisotopic (exact) mass is 344 g/mol. The van der Waals surface area contributed by atoms with Gasteiger partial charge >= 0.3 is 0 Å². The maximum Gasteiger partial charge on any atom is 0.161 e. The van der Waals surface area contributed by atoms with Gasteiger partial charge in [0.1, 0.15) is 11.5 Å². The van der Waals surface area contributed by atoms with E-state index in [4.69, 9.17) is 9.47 Å². The molecule has 0 amide bonds. The van der Waals surface area contributed by atoms with Crippen LogP contribution in [0.15, 0.2) is 72.8 Å². The predicted octanol–water partition coefficient (Wildman–Crippen LogP) is 4.40. The zero-order valence-electron chi connectivity index (χ0n) is 14.5. The smallest absolute Gasteiger partial charge is 0.161 e. The first-order chi connectivity index (χ1) is 12.9. The van der Waals surface area contributed by atoms with E-state index in [1.165, 1.54) is 16.8 Å². The van der Waals surface area contributed by atoms with Crippen molar-refractivity contribution in [2.45, 2.75) is 13.1 Å². The lowest BCUT2D eigenvalue weighted by Gasteiger charge is -2.36. The summed E-state index contributed by atoms with van der Waals surface area (Å²) in [5, 5.41) is 0. The minimum atomic E-state index is 0.541. The molecule has 3 aromatic rings. The third-order valence-electron chi connectivity index (χ3n) is 4.97. The van der Waals surface area contributed by atoms with Crippen LogP contribution in [0.4, 0.5) is 11.4 Å². The van der Waals surface area contributed by atoms with Gasteiger partial charge in [-0.05, 0) is 24.3 Å². The topological polar surface area (TPSA) is 24.9 Å². The van der Waals surface area contributed by atoms with Crippen LogP contribution in [0.1, 0.15) is 11.1 Å². The number of ether oxygens (including phenoxy) is 2. The predicted molar refractivity (Wildman–Crippen MR) is 103 cm³/mol. The molecule has 2 aliphatic heterocycles. The lowest BCUT2D eigenvalue weighted by Crippen LogP contribution is -2.35. The van der Waals surface area contributed by atoms with Crippen LogP contribution in [0.25, 0.3) is 0 Å². The zero-order valence-corrected chi connectivity index (χ0v) is 14.5. The average Bonchev–Trinajstić information content (AvgIpc) is 2.73. The van der Waals surface area contributed by atoms with Gasteiger partial charge in [0.05, 0.1) is 5.69 Å². The van der Waals surface area contributed by atoms with Gasteiger partial charge in [0.15, 0.2) is 13.5 Å². The quantitative estimate of drug-likeness (QED) is 0.688. The summed E-state index contributed by atoms with van der Waals surface area (Å²) in [5.41, 5.74) is 4.69. The Hall–Kier alpha value is -3.14. The fraction of sp³-hybridized carbons (Fsp3) is 0.182. The van der Waals surface area contributed by atoms with Gasteiger partial charge in [-0.2, -0.15) is 0 Å². The molecule has 4 nitrogen and oxygen atoms in total. The number of nitrogens with zero attached hydrogens (tertiary/aromatic N) is 2. The first kappa shape index (κ1) is 15.1. The number of hydrogen-bond donors (Lipinski definition) is 0. The van der Waals surface area contributed by atoms with Gasteiger partial charge < -0.3 is 19.3 Å². The number of hydrogen-bond acceptors (Lipinski definition) is 4. The summed E-state index contributed by atoms with van der Waals surface area (Å²) >= 11 is 0. The third-order valence-corrected chi connectivity index (χ3v) is 4.97. The summed E-state index contributed by atoms with van der Waals surface area (Å²) in [6.45, 7) is 2.77. The number of rotatable bonds is 2. The van der Waals surface area contributed by atoms with Gasteiger partial charge in [-0.1, -0.05) is 48.5 Å². The number of benzene rings is 3. The third kappa shape index (κ3) is 2.64. The van der Waals surface area contributed by atoms with Crippen LogP contribution in [-0.4, -0.2) is 13.5 Å². The van der Waals surface area contributed by atoms with Crippen LogP contribution in [0.2, 0.25) is 0 Å². The Labute approximate surface area is 153 Å². The zero-order chi connectivity index (χ0) is 17.3. The Balaban J connectivity index is 1.43. The van der Waals surface area contributed by atoms with Crippen LogP contribution >= 0.6 is 0 Å². The second-order valence-corrected chi connectivity index (χ2v) is 6.65. The number of fused-ring (bicyclic) bond motifs is 2. The van der Waals surface area contributed by atoms with E-state index in [-0.39, 0.29) is 0 Å². The molecule has 4 heteroatoms. The van der Waals surface area contributed by atoms with Gasteiger partial charge in [0.25, 0.3) is 0 Å². The molecule has 0 unspecified atom stereocenters. The molecule has 0 spiro atoms. The number of para-hydroxylation sites is 3.